The van der Waals surface area contributed by atoms with Crippen LogP contribution in [0, 0.1) is 10.8 Å². The molecule has 2 atom stereocenters. The Balaban J connectivity index is 1.69. The van der Waals surface area contributed by atoms with Gasteiger partial charge in [0, 0.05) is 38.7 Å². The average molecular weight is 353 g/mol. The molecule has 1 N–H and O–H groups in total. The first-order valence-electron chi connectivity index (χ1n) is 10.2. The standard InChI is InChI=1S/C20H36N2O3/c1-3-4-11-21-13-7-17(23)20(14-21)10-6-12-22(15-20)18(24)19(16-25-2)8-5-9-19/h17,23H,3-16H2,1-2H3/t17-,20-/m1/s1. The van der Waals surface area contributed by atoms with Crippen LogP contribution in [0.4, 0.5) is 0 Å². The molecule has 1 aliphatic carbocycles. The van der Waals surface area contributed by atoms with E-state index in [0.29, 0.717) is 6.61 Å². The number of carbonyl (C=O) groups is 1. The minimum atomic E-state index is -0.283. The molecule has 0 bridgehead atoms. The summed E-state index contributed by atoms with van der Waals surface area (Å²) < 4.78 is 5.38. The van der Waals surface area contributed by atoms with Gasteiger partial charge in [0.15, 0.2) is 0 Å². The number of likely N-dealkylation sites (tertiary alicyclic amines) is 2. The zero-order valence-electron chi connectivity index (χ0n) is 16.1. The van der Waals surface area contributed by atoms with Crippen LogP contribution in [0.1, 0.15) is 58.3 Å². The van der Waals surface area contributed by atoms with Crippen LogP contribution >= 0.6 is 0 Å². The van der Waals surface area contributed by atoms with Gasteiger partial charge < -0.3 is 19.6 Å². The van der Waals surface area contributed by atoms with Crippen molar-refractivity contribution in [3.63, 3.8) is 0 Å². The van der Waals surface area contributed by atoms with Crippen molar-refractivity contribution < 1.29 is 14.6 Å². The number of ether oxygens (including phenoxy) is 1. The third kappa shape index (κ3) is 3.74. The van der Waals surface area contributed by atoms with Gasteiger partial charge in [-0.05, 0) is 45.1 Å². The van der Waals surface area contributed by atoms with Crippen LogP contribution in [0.25, 0.3) is 0 Å². The number of methoxy groups -OCH3 is 1. The minimum Gasteiger partial charge on any atom is -0.392 e. The van der Waals surface area contributed by atoms with Crippen LogP contribution in [0.2, 0.25) is 0 Å². The molecular formula is C20H36N2O3. The number of hydrogen-bond donors (Lipinski definition) is 1. The van der Waals surface area contributed by atoms with Gasteiger partial charge >= 0.3 is 0 Å². The first-order chi connectivity index (χ1) is 12.1. The van der Waals surface area contributed by atoms with Crippen LogP contribution in [-0.4, -0.2) is 73.4 Å². The van der Waals surface area contributed by atoms with Crippen molar-refractivity contribution in [2.24, 2.45) is 10.8 Å². The second-order valence-corrected chi connectivity index (χ2v) is 8.69. The predicted molar refractivity (Wildman–Crippen MR) is 98.4 cm³/mol. The zero-order valence-corrected chi connectivity index (χ0v) is 16.1. The molecule has 5 heteroatoms. The minimum absolute atomic E-state index is 0.127. The molecule has 2 heterocycles. The molecule has 144 valence electrons. The molecule has 2 saturated heterocycles. The van der Waals surface area contributed by atoms with E-state index in [0.717, 1.165) is 71.2 Å². The lowest BCUT2D eigenvalue weighted by Gasteiger charge is -2.53. The van der Waals surface area contributed by atoms with Crippen LogP contribution in [0.5, 0.6) is 0 Å². The normalized spacial score (nSPS) is 32.6. The Morgan fingerprint density at radius 3 is 2.64 bits per heavy atom. The second kappa shape index (κ2) is 7.93. The van der Waals surface area contributed by atoms with Crippen LogP contribution in [0.15, 0.2) is 0 Å². The number of hydrogen-bond acceptors (Lipinski definition) is 4. The largest absolute Gasteiger partial charge is 0.392 e. The van der Waals surface area contributed by atoms with Crippen molar-refractivity contribution in [3.05, 3.63) is 0 Å². The number of unbranched alkanes of at least 4 members (excludes halogenated alkanes) is 1. The summed E-state index contributed by atoms with van der Waals surface area (Å²) in [6.07, 6.45) is 8.06. The molecule has 0 aromatic carbocycles. The topological polar surface area (TPSA) is 53.0 Å². The van der Waals surface area contributed by atoms with Gasteiger partial charge in [-0.3, -0.25) is 4.79 Å². The SMILES string of the molecule is CCCCN1CC[C@@H](O)[C@]2(CCCN(C(=O)C3(COC)CCC3)C2)C1. The Bertz CT molecular complexity index is 464. The number of carbonyl (C=O) groups excluding carboxylic acids is 1. The van der Waals surface area contributed by atoms with Crippen molar-refractivity contribution in [3.8, 4) is 0 Å². The van der Waals surface area contributed by atoms with Gasteiger partial charge in [0.25, 0.3) is 0 Å². The Labute approximate surface area is 152 Å². The third-order valence-corrected chi connectivity index (χ3v) is 6.87. The molecule has 25 heavy (non-hydrogen) atoms. The van der Waals surface area contributed by atoms with Gasteiger partial charge in [-0.25, -0.2) is 0 Å². The highest BCUT2D eigenvalue weighted by Crippen LogP contribution is 2.45. The Morgan fingerprint density at radius 2 is 2.00 bits per heavy atom. The van der Waals surface area contributed by atoms with E-state index in [1.54, 1.807) is 7.11 Å². The van der Waals surface area contributed by atoms with Gasteiger partial charge in [0.1, 0.15) is 0 Å². The van der Waals surface area contributed by atoms with Crippen LogP contribution < -0.4 is 0 Å². The van der Waals surface area contributed by atoms with Crippen molar-refractivity contribution in [1.82, 2.24) is 9.80 Å². The average Bonchev–Trinajstić information content (AvgIpc) is 2.59. The van der Waals surface area contributed by atoms with E-state index in [1.165, 1.54) is 12.8 Å². The lowest BCUT2D eigenvalue weighted by molar-refractivity contribution is -0.161. The van der Waals surface area contributed by atoms with E-state index < -0.39 is 0 Å². The summed E-state index contributed by atoms with van der Waals surface area (Å²) in [4.78, 5) is 17.8. The number of nitrogens with zero attached hydrogens (tertiary/aromatic N) is 2. The number of amides is 1. The second-order valence-electron chi connectivity index (χ2n) is 8.69. The molecule has 3 aliphatic rings. The summed E-state index contributed by atoms with van der Waals surface area (Å²) in [6, 6.07) is 0. The molecule has 1 spiro atoms. The van der Waals surface area contributed by atoms with Crippen molar-refractivity contribution >= 4 is 5.91 Å². The number of aliphatic hydroxyl groups is 1. The van der Waals surface area contributed by atoms with E-state index in [4.69, 9.17) is 4.74 Å². The Hall–Kier alpha value is -0.650. The number of rotatable bonds is 6. The lowest BCUT2D eigenvalue weighted by Crippen LogP contribution is -2.62. The van der Waals surface area contributed by atoms with Gasteiger partial charge in [0.2, 0.25) is 5.91 Å². The van der Waals surface area contributed by atoms with Crippen molar-refractivity contribution in [2.75, 3.05) is 46.4 Å². The lowest BCUT2D eigenvalue weighted by atomic mass is 9.66. The van der Waals surface area contributed by atoms with Gasteiger partial charge in [-0.15, -0.1) is 0 Å². The molecule has 0 unspecified atom stereocenters. The smallest absolute Gasteiger partial charge is 0.231 e. The highest BCUT2D eigenvalue weighted by Gasteiger charge is 2.51. The number of piperidine rings is 2. The summed E-state index contributed by atoms with van der Waals surface area (Å²) in [5.41, 5.74) is -0.410. The molecule has 3 fully saturated rings. The monoisotopic (exact) mass is 352 g/mol. The summed E-state index contributed by atoms with van der Waals surface area (Å²) in [5, 5.41) is 10.8. The molecule has 0 radical (unpaired) electrons. The maximum Gasteiger partial charge on any atom is 0.231 e. The summed E-state index contributed by atoms with van der Waals surface area (Å²) in [6.45, 7) is 7.38. The quantitative estimate of drug-likeness (QED) is 0.797. The zero-order chi connectivity index (χ0) is 17.9. The fourth-order valence-corrected chi connectivity index (χ4v) is 5.18. The maximum absolute atomic E-state index is 13.2. The third-order valence-electron chi connectivity index (χ3n) is 6.87. The van der Waals surface area contributed by atoms with E-state index in [-0.39, 0.29) is 22.8 Å². The van der Waals surface area contributed by atoms with E-state index >= 15 is 0 Å². The molecular weight excluding hydrogens is 316 g/mol. The molecule has 0 aromatic heterocycles. The fourth-order valence-electron chi connectivity index (χ4n) is 5.18. The fraction of sp³-hybridized carbons (Fsp3) is 0.950. The maximum atomic E-state index is 13.2. The highest BCUT2D eigenvalue weighted by molar-refractivity contribution is 5.84. The first kappa shape index (κ1) is 19.1. The predicted octanol–water partition coefficient (Wildman–Crippen LogP) is 2.28. The molecule has 3 rings (SSSR count). The van der Waals surface area contributed by atoms with Gasteiger partial charge in [0.05, 0.1) is 18.1 Å². The summed E-state index contributed by atoms with van der Waals surface area (Å²) in [7, 11) is 1.70. The van der Waals surface area contributed by atoms with Gasteiger partial charge in [-0.2, -0.15) is 0 Å². The molecule has 1 saturated carbocycles. The van der Waals surface area contributed by atoms with Crippen molar-refractivity contribution in [2.45, 2.75) is 64.4 Å². The van der Waals surface area contributed by atoms with Crippen LogP contribution in [-0.2, 0) is 9.53 Å². The Morgan fingerprint density at radius 1 is 1.20 bits per heavy atom. The van der Waals surface area contributed by atoms with Crippen LogP contribution in [0.3, 0.4) is 0 Å². The molecule has 2 aliphatic heterocycles. The van der Waals surface area contributed by atoms with E-state index in [2.05, 4.69) is 16.7 Å². The molecule has 0 aromatic rings. The van der Waals surface area contributed by atoms with Crippen molar-refractivity contribution in [1.29, 1.82) is 0 Å². The Kier molecular flexibility index (Phi) is 6.07. The number of aliphatic hydroxyl groups excluding tert-OH is 1. The summed E-state index contributed by atoms with van der Waals surface area (Å²) in [5.74, 6) is 0.276. The summed E-state index contributed by atoms with van der Waals surface area (Å²) >= 11 is 0. The highest BCUT2D eigenvalue weighted by atomic mass is 16.5. The molecule has 1 amide bonds. The van der Waals surface area contributed by atoms with Gasteiger partial charge in [-0.1, -0.05) is 19.8 Å². The van der Waals surface area contributed by atoms with E-state index in [9.17, 15) is 9.90 Å². The first-order valence-corrected chi connectivity index (χ1v) is 10.2. The van der Waals surface area contributed by atoms with E-state index in [1.807, 2.05) is 0 Å². The molecule has 5 nitrogen and oxygen atoms in total.